The molecule has 4 amide bonds. The number of esters is 1. The quantitative estimate of drug-likeness (QED) is 0.188. The zero-order valence-electron chi connectivity index (χ0n) is 22.6. The standard InChI is InChI=1S/C26H42N4O7/c1-6-16(2)12-18(20(32)14-31)28-23(34)19-8-7-11-30(19)24(35)22(26(3,4)5)29-25(36)27-13-21(33)37-15-17-9-10-17/h14,16-19,22H,6-13,15H2,1-5H3,(H,28,34)(H2,27,29,36). The molecule has 1 heterocycles. The number of ether oxygens (including phenoxy) is 1. The van der Waals surface area contributed by atoms with Gasteiger partial charge in [0.25, 0.3) is 0 Å². The van der Waals surface area contributed by atoms with Crippen molar-refractivity contribution in [3.63, 3.8) is 0 Å². The number of carbonyl (C=O) groups excluding carboxylic acids is 6. The Labute approximate surface area is 218 Å². The van der Waals surface area contributed by atoms with Crippen LogP contribution in [0.5, 0.6) is 0 Å². The van der Waals surface area contributed by atoms with Gasteiger partial charge in [-0.15, -0.1) is 0 Å². The number of aldehydes is 1. The normalized spacial score (nSPS) is 19.8. The van der Waals surface area contributed by atoms with Gasteiger partial charge in [0.1, 0.15) is 18.6 Å². The van der Waals surface area contributed by atoms with Gasteiger partial charge in [-0.1, -0.05) is 41.0 Å². The lowest BCUT2D eigenvalue weighted by molar-refractivity contribution is -0.143. The minimum absolute atomic E-state index is 0.120. The zero-order valence-corrected chi connectivity index (χ0v) is 22.6. The fourth-order valence-corrected chi connectivity index (χ4v) is 4.16. The summed E-state index contributed by atoms with van der Waals surface area (Å²) >= 11 is 0. The van der Waals surface area contributed by atoms with Gasteiger partial charge in [-0.05, 0) is 49.4 Å². The molecule has 37 heavy (non-hydrogen) atoms. The second-order valence-electron chi connectivity index (χ2n) is 11.3. The first-order valence-corrected chi connectivity index (χ1v) is 13.2. The number of ketones is 1. The lowest BCUT2D eigenvalue weighted by atomic mass is 9.85. The Kier molecular flexibility index (Phi) is 11.1. The molecular formula is C26H42N4O7. The highest BCUT2D eigenvalue weighted by molar-refractivity contribution is 6.28. The van der Waals surface area contributed by atoms with Crippen molar-refractivity contribution < 1.29 is 33.5 Å². The van der Waals surface area contributed by atoms with Crippen LogP contribution < -0.4 is 16.0 Å². The van der Waals surface area contributed by atoms with Crippen molar-refractivity contribution in [2.24, 2.45) is 17.3 Å². The van der Waals surface area contributed by atoms with Gasteiger partial charge >= 0.3 is 12.0 Å². The van der Waals surface area contributed by atoms with Gasteiger partial charge in [0, 0.05) is 6.54 Å². The van der Waals surface area contributed by atoms with Crippen molar-refractivity contribution >= 4 is 35.9 Å². The molecule has 1 saturated heterocycles. The van der Waals surface area contributed by atoms with Gasteiger partial charge in [0.05, 0.1) is 12.6 Å². The minimum atomic E-state index is -0.976. The first-order chi connectivity index (χ1) is 17.4. The fourth-order valence-electron chi connectivity index (χ4n) is 4.16. The average Bonchev–Trinajstić information content (AvgIpc) is 3.55. The Hall–Kier alpha value is -2.98. The molecule has 1 aliphatic carbocycles. The van der Waals surface area contributed by atoms with E-state index in [-0.39, 0.29) is 18.7 Å². The van der Waals surface area contributed by atoms with E-state index in [1.165, 1.54) is 4.90 Å². The van der Waals surface area contributed by atoms with Gasteiger partial charge in [0.15, 0.2) is 6.29 Å². The molecule has 11 heteroatoms. The molecule has 2 fully saturated rings. The number of hydrogen-bond donors (Lipinski definition) is 3. The molecular weight excluding hydrogens is 480 g/mol. The highest BCUT2D eigenvalue weighted by Gasteiger charge is 2.42. The summed E-state index contributed by atoms with van der Waals surface area (Å²) in [7, 11) is 0. The molecule has 1 saturated carbocycles. The molecule has 0 radical (unpaired) electrons. The number of carbonyl (C=O) groups is 6. The third-order valence-electron chi connectivity index (χ3n) is 6.91. The fraction of sp³-hybridized carbons (Fsp3) is 0.769. The summed E-state index contributed by atoms with van der Waals surface area (Å²) in [4.78, 5) is 75.7. The molecule has 2 rings (SSSR count). The predicted molar refractivity (Wildman–Crippen MR) is 135 cm³/mol. The first kappa shape index (κ1) is 30.2. The average molecular weight is 523 g/mol. The van der Waals surface area contributed by atoms with Gasteiger partial charge in [-0.3, -0.25) is 24.0 Å². The van der Waals surface area contributed by atoms with E-state index in [4.69, 9.17) is 4.74 Å². The Morgan fingerprint density at radius 3 is 2.32 bits per heavy atom. The lowest BCUT2D eigenvalue weighted by Crippen LogP contribution is -2.60. The maximum Gasteiger partial charge on any atom is 0.325 e. The maximum absolute atomic E-state index is 13.6. The largest absolute Gasteiger partial charge is 0.464 e. The number of nitrogens with zero attached hydrogens (tertiary/aromatic N) is 1. The number of hydrogen-bond acceptors (Lipinski definition) is 7. The van der Waals surface area contributed by atoms with Crippen LogP contribution in [-0.4, -0.2) is 78.6 Å². The van der Waals surface area contributed by atoms with E-state index in [9.17, 15) is 28.8 Å². The van der Waals surface area contributed by atoms with E-state index in [0.29, 0.717) is 38.3 Å². The van der Waals surface area contributed by atoms with Crippen molar-refractivity contribution in [1.29, 1.82) is 0 Å². The highest BCUT2D eigenvalue weighted by Crippen LogP contribution is 2.29. The second-order valence-corrected chi connectivity index (χ2v) is 11.3. The van der Waals surface area contributed by atoms with Gasteiger partial charge in [-0.2, -0.15) is 0 Å². The Morgan fingerprint density at radius 1 is 1.08 bits per heavy atom. The van der Waals surface area contributed by atoms with E-state index >= 15 is 0 Å². The molecule has 0 bridgehead atoms. The van der Waals surface area contributed by atoms with Crippen LogP contribution in [0.15, 0.2) is 0 Å². The SMILES string of the molecule is CCC(C)CC(NC(=O)C1CCCN1C(=O)C(NC(=O)NCC(=O)OCC1CC1)C(C)(C)C)C(=O)C=O. The van der Waals surface area contributed by atoms with E-state index in [0.717, 1.165) is 19.3 Å². The third-order valence-corrected chi connectivity index (χ3v) is 6.91. The molecule has 0 aromatic carbocycles. The number of nitrogens with one attached hydrogen (secondary N) is 3. The zero-order chi connectivity index (χ0) is 27.8. The van der Waals surface area contributed by atoms with Crippen LogP contribution in [-0.2, 0) is 28.7 Å². The summed E-state index contributed by atoms with van der Waals surface area (Å²) < 4.78 is 5.10. The van der Waals surface area contributed by atoms with Gasteiger partial charge in [0.2, 0.25) is 17.6 Å². The van der Waals surface area contributed by atoms with E-state index in [2.05, 4.69) is 16.0 Å². The summed E-state index contributed by atoms with van der Waals surface area (Å²) in [6, 6.07) is -3.43. The van der Waals surface area contributed by atoms with Crippen LogP contribution in [0, 0.1) is 17.3 Å². The highest BCUT2D eigenvalue weighted by atomic mass is 16.5. The summed E-state index contributed by atoms with van der Waals surface area (Å²) in [6.07, 6.45) is 4.39. The van der Waals surface area contributed by atoms with Crippen molar-refractivity contribution in [3.05, 3.63) is 0 Å². The van der Waals surface area contributed by atoms with Crippen molar-refractivity contribution in [1.82, 2.24) is 20.9 Å². The molecule has 4 atom stereocenters. The minimum Gasteiger partial charge on any atom is -0.464 e. The van der Waals surface area contributed by atoms with E-state index < -0.39 is 53.1 Å². The number of urea groups is 1. The Balaban J connectivity index is 2.03. The van der Waals surface area contributed by atoms with Crippen molar-refractivity contribution in [3.8, 4) is 0 Å². The molecule has 0 aromatic rings. The van der Waals surface area contributed by atoms with Gasteiger partial charge in [-0.25, -0.2) is 4.79 Å². The number of rotatable bonds is 13. The number of likely N-dealkylation sites (tertiary alicyclic amines) is 1. The summed E-state index contributed by atoms with van der Waals surface area (Å²) in [5, 5.41) is 7.75. The van der Waals surface area contributed by atoms with Crippen LogP contribution in [0.25, 0.3) is 0 Å². The summed E-state index contributed by atoms with van der Waals surface area (Å²) in [5.74, 6) is -1.65. The predicted octanol–water partition coefficient (Wildman–Crippen LogP) is 1.33. The monoisotopic (exact) mass is 522 g/mol. The second kappa shape index (κ2) is 13.5. The molecule has 3 N–H and O–H groups in total. The molecule has 11 nitrogen and oxygen atoms in total. The van der Waals surface area contributed by atoms with Crippen LogP contribution in [0.2, 0.25) is 0 Å². The Bertz CT molecular complexity index is 865. The summed E-state index contributed by atoms with van der Waals surface area (Å²) in [5.41, 5.74) is -0.697. The topological polar surface area (TPSA) is 151 Å². The van der Waals surface area contributed by atoms with Crippen LogP contribution in [0.3, 0.4) is 0 Å². The van der Waals surface area contributed by atoms with E-state index in [1.807, 2.05) is 13.8 Å². The summed E-state index contributed by atoms with van der Waals surface area (Å²) in [6.45, 7) is 9.60. The maximum atomic E-state index is 13.6. The number of amides is 4. The molecule has 0 spiro atoms. The third kappa shape index (κ3) is 9.44. The molecule has 0 aromatic heterocycles. The van der Waals surface area contributed by atoms with Crippen LogP contribution >= 0.6 is 0 Å². The van der Waals surface area contributed by atoms with Crippen molar-refractivity contribution in [2.45, 2.75) is 91.3 Å². The lowest BCUT2D eigenvalue weighted by Gasteiger charge is -2.35. The molecule has 2 aliphatic rings. The smallest absolute Gasteiger partial charge is 0.325 e. The first-order valence-electron chi connectivity index (χ1n) is 13.2. The van der Waals surface area contributed by atoms with E-state index in [1.54, 1.807) is 20.8 Å². The van der Waals surface area contributed by atoms with Crippen LogP contribution in [0.1, 0.15) is 73.1 Å². The van der Waals surface area contributed by atoms with Crippen LogP contribution in [0.4, 0.5) is 4.79 Å². The molecule has 4 unspecified atom stereocenters. The Morgan fingerprint density at radius 2 is 1.76 bits per heavy atom. The number of Topliss-reactive ketones (excluding diaryl/α,β-unsaturated/α-hetero) is 1. The van der Waals surface area contributed by atoms with Crippen molar-refractivity contribution in [2.75, 3.05) is 19.7 Å². The molecule has 1 aliphatic heterocycles. The van der Waals surface area contributed by atoms with Gasteiger partial charge < -0.3 is 25.6 Å². The molecule has 208 valence electrons.